The lowest BCUT2D eigenvalue weighted by molar-refractivity contribution is -0.135. The Morgan fingerprint density at radius 3 is 3.06 bits per heavy atom. The van der Waals surface area contributed by atoms with Gasteiger partial charge in [-0.05, 0) is 24.7 Å². The first-order valence-corrected chi connectivity index (χ1v) is 7.22. The van der Waals surface area contributed by atoms with E-state index in [1.54, 1.807) is 0 Å². The summed E-state index contributed by atoms with van der Waals surface area (Å²) in [6.45, 7) is 8.69. The van der Waals surface area contributed by atoms with Crippen LogP contribution in [0.3, 0.4) is 0 Å². The van der Waals surface area contributed by atoms with Crippen LogP contribution in [0.5, 0.6) is 0 Å². The summed E-state index contributed by atoms with van der Waals surface area (Å²) in [4.78, 5) is 14.4. The van der Waals surface area contributed by atoms with Crippen molar-refractivity contribution >= 4 is 5.91 Å². The predicted molar refractivity (Wildman–Crippen MR) is 71.4 cm³/mol. The van der Waals surface area contributed by atoms with Crippen LogP contribution in [-0.2, 0) is 9.53 Å². The van der Waals surface area contributed by atoms with E-state index in [2.05, 4.69) is 24.1 Å². The van der Waals surface area contributed by atoms with Crippen molar-refractivity contribution in [2.45, 2.75) is 45.6 Å². The maximum Gasteiger partial charge on any atom is 0.224 e. The average molecular weight is 254 g/mol. The first kappa shape index (κ1) is 13.8. The minimum Gasteiger partial charge on any atom is -0.378 e. The van der Waals surface area contributed by atoms with Gasteiger partial charge < -0.3 is 15.0 Å². The molecule has 2 heterocycles. The molecule has 0 aromatic carbocycles. The number of carbonyl (C=O) groups excluding carboxylic acids is 1. The summed E-state index contributed by atoms with van der Waals surface area (Å²) in [5, 5.41) is 3.35. The van der Waals surface area contributed by atoms with Gasteiger partial charge in [0.1, 0.15) is 0 Å². The van der Waals surface area contributed by atoms with Crippen LogP contribution in [0.15, 0.2) is 0 Å². The number of morpholine rings is 1. The fourth-order valence-corrected chi connectivity index (χ4v) is 2.91. The summed E-state index contributed by atoms with van der Waals surface area (Å²) in [5.74, 6) is 0.289. The Morgan fingerprint density at radius 1 is 1.56 bits per heavy atom. The average Bonchev–Trinajstić information content (AvgIpc) is 2.40. The molecule has 4 nitrogen and oxygen atoms in total. The maximum atomic E-state index is 12.3. The largest absolute Gasteiger partial charge is 0.378 e. The molecule has 0 aromatic rings. The number of nitrogens with zero attached hydrogens (tertiary/aromatic N) is 1. The molecule has 104 valence electrons. The van der Waals surface area contributed by atoms with Crippen LogP contribution >= 0.6 is 0 Å². The molecule has 0 spiro atoms. The third-order valence-electron chi connectivity index (χ3n) is 4.41. The van der Waals surface area contributed by atoms with E-state index in [1.807, 2.05) is 0 Å². The normalized spacial score (nSPS) is 33.4. The van der Waals surface area contributed by atoms with Gasteiger partial charge in [-0.2, -0.15) is 0 Å². The highest BCUT2D eigenvalue weighted by atomic mass is 16.5. The minimum atomic E-state index is 0.209. The van der Waals surface area contributed by atoms with Crippen LogP contribution in [0, 0.1) is 5.41 Å². The van der Waals surface area contributed by atoms with Crippen molar-refractivity contribution in [3.8, 4) is 0 Å². The van der Waals surface area contributed by atoms with Crippen molar-refractivity contribution in [2.24, 2.45) is 5.41 Å². The molecule has 0 aromatic heterocycles. The number of piperidine rings is 1. The second-order valence-electron chi connectivity index (χ2n) is 6.01. The molecule has 1 N–H and O–H groups in total. The van der Waals surface area contributed by atoms with E-state index >= 15 is 0 Å². The summed E-state index contributed by atoms with van der Waals surface area (Å²) < 4.78 is 5.40. The Balaban J connectivity index is 1.84. The standard InChI is InChI=1S/C14H26N2O2/c1-3-14(2)5-4-7-16(11-14)13(17)9-12-10-18-8-6-15-12/h12,15H,3-11H2,1-2H3. The number of ether oxygens (including phenoxy) is 1. The van der Waals surface area contributed by atoms with E-state index in [1.165, 1.54) is 6.42 Å². The lowest BCUT2D eigenvalue weighted by Gasteiger charge is -2.40. The van der Waals surface area contributed by atoms with Crippen molar-refractivity contribution in [1.82, 2.24) is 10.2 Å². The van der Waals surface area contributed by atoms with Crippen LogP contribution < -0.4 is 5.32 Å². The van der Waals surface area contributed by atoms with Crippen LogP contribution in [0.2, 0.25) is 0 Å². The molecular weight excluding hydrogens is 228 g/mol. The number of rotatable bonds is 3. The van der Waals surface area contributed by atoms with E-state index in [9.17, 15) is 4.79 Å². The Hall–Kier alpha value is -0.610. The topological polar surface area (TPSA) is 41.6 Å². The number of likely N-dealkylation sites (tertiary alicyclic amines) is 1. The van der Waals surface area contributed by atoms with Crippen molar-refractivity contribution < 1.29 is 9.53 Å². The molecule has 0 aliphatic carbocycles. The van der Waals surface area contributed by atoms with Crippen molar-refractivity contribution in [2.75, 3.05) is 32.8 Å². The van der Waals surface area contributed by atoms with E-state index in [0.717, 1.165) is 39.1 Å². The third kappa shape index (κ3) is 3.45. The number of carbonyl (C=O) groups is 1. The van der Waals surface area contributed by atoms with Gasteiger partial charge in [-0.25, -0.2) is 0 Å². The Labute approximate surface area is 110 Å². The fraction of sp³-hybridized carbons (Fsp3) is 0.929. The number of hydrogen-bond acceptors (Lipinski definition) is 3. The van der Waals surface area contributed by atoms with Crippen LogP contribution in [0.1, 0.15) is 39.5 Å². The third-order valence-corrected chi connectivity index (χ3v) is 4.41. The van der Waals surface area contributed by atoms with Gasteiger partial charge in [-0.3, -0.25) is 4.79 Å². The van der Waals surface area contributed by atoms with Gasteiger partial charge in [0.15, 0.2) is 0 Å². The molecule has 1 amide bonds. The summed E-state index contributed by atoms with van der Waals surface area (Å²) >= 11 is 0. The Morgan fingerprint density at radius 2 is 2.39 bits per heavy atom. The molecule has 0 saturated carbocycles. The van der Waals surface area contributed by atoms with Gasteiger partial charge in [0.2, 0.25) is 5.91 Å². The second-order valence-corrected chi connectivity index (χ2v) is 6.01. The molecule has 2 aliphatic rings. The summed E-state index contributed by atoms with van der Waals surface area (Å²) in [7, 11) is 0. The molecule has 18 heavy (non-hydrogen) atoms. The first-order chi connectivity index (χ1) is 8.63. The van der Waals surface area contributed by atoms with Crippen molar-refractivity contribution in [3.05, 3.63) is 0 Å². The van der Waals surface area contributed by atoms with Gasteiger partial charge in [0.25, 0.3) is 0 Å². The van der Waals surface area contributed by atoms with Crippen LogP contribution in [0.4, 0.5) is 0 Å². The van der Waals surface area contributed by atoms with Crippen molar-refractivity contribution in [1.29, 1.82) is 0 Å². The zero-order valence-electron chi connectivity index (χ0n) is 11.7. The zero-order chi connectivity index (χ0) is 13.0. The quantitative estimate of drug-likeness (QED) is 0.828. The van der Waals surface area contributed by atoms with Crippen LogP contribution in [-0.4, -0.2) is 49.7 Å². The number of nitrogens with one attached hydrogen (secondary N) is 1. The van der Waals surface area contributed by atoms with Gasteiger partial charge >= 0.3 is 0 Å². The molecule has 2 aliphatic heterocycles. The van der Waals surface area contributed by atoms with E-state index < -0.39 is 0 Å². The van der Waals surface area contributed by atoms with E-state index in [0.29, 0.717) is 18.4 Å². The highest BCUT2D eigenvalue weighted by Crippen LogP contribution is 2.32. The lowest BCUT2D eigenvalue weighted by Crippen LogP contribution is -2.49. The van der Waals surface area contributed by atoms with E-state index in [4.69, 9.17) is 4.74 Å². The smallest absolute Gasteiger partial charge is 0.224 e. The van der Waals surface area contributed by atoms with Gasteiger partial charge in [0.05, 0.1) is 13.2 Å². The minimum absolute atomic E-state index is 0.209. The molecular formula is C14H26N2O2. The molecule has 4 heteroatoms. The molecule has 2 atom stereocenters. The number of amides is 1. The number of hydrogen-bond donors (Lipinski definition) is 1. The van der Waals surface area contributed by atoms with Gasteiger partial charge in [-0.1, -0.05) is 13.8 Å². The van der Waals surface area contributed by atoms with Crippen LogP contribution in [0.25, 0.3) is 0 Å². The molecule has 2 rings (SSSR count). The maximum absolute atomic E-state index is 12.3. The van der Waals surface area contributed by atoms with Gasteiger partial charge in [0, 0.05) is 32.1 Å². The summed E-state index contributed by atoms with van der Waals surface area (Å²) in [5.41, 5.74) is 0.324. The fourth-order valence-electron chi connectivity index (χ4n) is 2.91. The Bertz CT molecular complexity index is 290. The first-order valence-electron chi connectivity index (χ1n) is 7.22. The van der Waals surface area contributed by atoms with E-state index in [-0.39, 0.29) is 11.9 Å². The highest BCUT2D eigenvalue weighted by Gasteiger charge is 2.32. The van der Waals surface area contributed by atoms with Gasteiger partial charge in [-0.15, -0.1) is 0 Å². The molecule has 0 bridgehead atoms. The molecule has 2 unspecified atom stereocenters. The Kier molecular flexibility index (Phi) is 4.62. The zero-order valence-corrected chi connectivity index (χ0v) is 11.7. The SMILES string of the molecule is CCC1(C)CCCN(C(=O)CC2COCCN2)C1. The molecule has 2 saturated heterocycles. The molecule has 2 fully saturated rings. The monoisotopic (exact) mass is 254 g/mol. The lowest BCUT2D eigenvalue weighted by atomic mass is 9.79. The second kappa shape index (κ2) is 6.02. The molecule has 0 radical (unpaired) electrons. The summed E-state index contributed by atoms with van der Waals surface area (Å²) in [6, 6.07) is 0.209. The van der Waals surface area contributed by atoms with Crippen molar-refractivity contribution in [3.63, 3.8) is 0 Å². The predicted octanol–water partition coefficient (Wildman–Crippen LogP) is 1.40. The highest BCUT2D eigenvalue weighted by molar-refractivity contribution is 5.77. The summed E-state index contributed by atoms with van der Waals surface area (Å²) in [6.07, 6.45) is 4.13.